The van der Waals surface area contributed by atoms with Gasteiger partial charge in [0.2, 0.25) is 0 Å². The molecular formula is C19H19ClN2. The van der Waals surface area contributed by atoms with Crippen molar-refractivity contribution in [1.29, 1.82) is 0 Å². The van der Waals surface area contributed by atoms with Crippen molar-refractivity contribution in [2.75, 3.05) is 13.1 Å². The molecule has 2 aliphatic rings. The van der Waals surface area contributed by atoms with Gasteiger partial charge in [0, 0.05) is 16.8 Å². The van der Waals surface area contributed by atoms with Crippen molar-refractivity contribution < 1.29 is 0 Å². The normalized spacial score (nSPS) is 17.7. The zero-order valence-corrected chi connectivity index (χ0v) is 13.3. The summed E-state index contributed by atoms with van der Waals surface area (Å²) in [7, 11) is 0. The van der Waals surface area contributed by atoms with Crippen LogP contribution in [0.5, 0.6) is 0 Å². The molecule has 0 atom stereocenters. The predicted molar refractivity (Wildman–Crippen MR) is 91.2 cm³/mol. The van der Waals surface area contributed by atoms with Crippen molar-refractivity contribution in [2.24, 2.45) is 0 Å². The predicted octanol–water partition coefficient (Wildman–Crippen LogP) is 4.02. The molecule has 22 heavy (non-hydrogen) atoms. The molecule has 4 rings (SSSR count). The molecule has 1 saturated heterocycles. The summed E-state index contributed by atoms with van der Waals surface area (Å²) in [5.74, 6) is 0. The minimum absolute atomic E-state index is 0.852. The zero-order valence-electron chi connectivity index (χ0n) is 12.5. The van der Waals surface area contributed by atoms with Gasteiger partial charge in [0.05, 0.1) is 5.69 Å². The lowest BCUT2D eigenvalue weighted by Gasteiger charge is -2.21. The van der Waals surface area contributed by atoms with Gasteiger partial charge in [-0.1, -0.05) is 41.4 Å². The third-order valence-electron chi connectivity index (χ3n) is 4.73. The lowest BCUT2D eigenvalue weighted by molar-refractivity contribution is 0.611. The van der Waals surface area contributed by atoms with Gasteiger partial charge in [0.15, 0.2) is 0 Å². The number of rotatable bonds is 0. The average Bonchev–Trinajstić information content (AvgIpc) is 2.73. The van der Waals surface area contributed by atoms with Gasteiger partial charge in [-0.15, -0.1) is 0 Å². The molecule has 1 aliphatic heterocycles. The van der Waals surface area contributed by atoms with E-state index in [0.29, 0.717) is 0 Å². The van der Waals surface area contributed by atoms with Gasteiger partial charge in [0.1, 0.15) is 0 Å². The van der Waals surface area contributed by atoms with E-state index in [1.165, 1.54) is 27.8 Å². The Labute approximate surface area is 136 Å². The topological polar surface area (TPSA) is 24.9 Å². The summed E-state index contributed by atoms with van der Waals surface area (Å²) in [4.78, 5) is 4.73. The second kappa shape index (κ2) is 5.86. The number of halogens is 1. The maximum Gasteiger partial charge on any atom is 0.0754 e. The van der Waals surface area contributed by atoms with Crippen LogP contribution in [0.2, 0.25) is 5.02 Å². The van der Waals surface area contributed by atoms with E-state index >= 15 is 0 Å². The van der Waals surface area contributed by atoms with Crippen molar-refractivity contribution >= 4 is 17.2 Å². The Morgan fingerprint density at radius 3 is 2.64 bits per heavy atom. The summed E-state index contributed by atoms with van der Waals surface area (Å²) in [5.41, 5.74) is 7.94. The van der Waals surface area contributed by atoms with Gasteiger partial charge in [-0.2, -0.15) is 0 Å². The van der Waals surface area contributed by atoms with Crippen molar-refractivity contribution in [3.05, 3.63) is 69.5 Å². The van der Waals surface area contributed by atoms with Crippen LogP contribution in [-0.4, -0.2) is 18.1 Å². The highest BCUT2D eigenvalue weighted by Crippen LogP contribution is 2.38. The highest BCUT2D eigenvalue weighted by Gasteiger charge is 2.24. The van der Waals surface area contributed by atoms with E-state index < -0.39 is 0 Å². The van der Waals surface area contributed by atoms with Crippen molar-refractivity contribution in [1.82, 2.24) is 10.3 Å². The first-order valence-corrected chi connectivity index (χ1v) is 8.37. The molecule has 3 heteroatoms. The Bertz CT molecular complexity index is 741. The molecule has 1 aromatic carbocycles. The Morgan fingerprint density at radius 2 is 1.77 bits per heavy atom. The summed E-state index contributed by atoms with van der Waals surface area (Å²) in [6.45, 7) is 2.10. The van der Waals surface area contributed by atoms with Crippen LogP contribution in [0.1, 0.15) is 35.2 Å². The lowest BCUT2D eigenvalue weighted by atomic mass is 9.89. The molecule has 112 valence electrons. The van der Waals surface area contributed by atoms with Crippen molar-refractivity contribution in [3.8, 4) is 0 Å². The Balaban J connectivity index is 2.00. The average molecular weight is 311 g/mol. The Hall–Kier alpha value is -1.64. The first kappa shape index (κ1) is 14.0. The van der Waals surface area contributed by atoms with Crippen molar-refractivity contribution in [3.63, 3.8) is 0 Å². The largest absolute Gasteiger partial charge is 0.316 e. The quantitative estimate of drug-likeness (QED) is 0.795. The van der Waals surface area contributed by atoms with Gasteiger partial charge in [-0.25, -0.2) is 0 Å². The number of fused-ring (bicyclic) bond motifs is 2. The number of aromatic nitrogens is 1. The molecule has 2 heterocycles. The van der Waals surface area contributed by atoms with Crippen LogP contribution in [0.3, 0.4) is 0 Å². The fourth-order valence-electron chi connectivity index (χ4n) is 3.63. The summed E-state index contributed by atoms with van der Waals surface area (Å²) in [6.07, 6.45) is 6.03. The number of aryl methyl sites for hydroxylation is 1. The van der Waals surface area contributed by atoms with E-state index in [1.54, 1.807) is 0 Å². The number of nitrogens with one attached hydrogen (secondary N) is 1. The van der Waals surface area contributed by atoms with E-state index in [9.17, 15) is 0 Å². The Kier molecular flexibility index (Phi) is 3.73. The van der Waals surface area contributed by atoms with E-state index in [2.05, 4.69) is 29.6 Å². The fourth-order valence-corrected chi connectivity index (χ4v) is 3.87. The maximum atomic E-state index is 6.49. The van der Waals surface area contributed by atoms with Crippen LogP contribution >= 0.6 is 11.6 Å². The van der Waals surface area contributed by atoms with Crippen LogP contribution in [0.25, 0.3) is 5.57 Å². The number of piperidine rings is 1. The molecule has 2 aromatic rings. The summed E-state index contributed by atoms with van der Waals surface area (Å²) in [5, 5.41) is 4.30. The zero-order chi connectivity index (χ0) is 14.9. The molecule has 0 unspecified atom stereocenters. The second-order valence-corrected chi connectivity index (χ2v) is 6.41. The number of benzene rings is 1. The smallest absolute Gasteiger partial charge is 0.0754 e. The summed E-state index contributed by atoms with van der Waals surface area (Å²) < 4.78 is 0. The highest BCUT2D eigenvalue weighted by molar-refractivity contribution is 6.31. The molecule has 1 aliphatic carbocycles. The van der Waals surface area contributed by atoms with Crippen LogP contribution in [-0.2, 0) is 12.8 Å². The fraction of sp³-hybridized carbons (Fsp3) is 0.316. The first-order valence-electron chi connectivity index (χ1n) is 7.99. The molecular weight excluding hydrogens is 292 g/mol. The first-order chi connectivity index (χ1) is 10.8. The molecule has 2 nitrogen and oxygen atoms in total. The monoisotopic (exact) mass is 310 g/mol. The lowest BCUT2D eigenvalue weighted by Crippen LogP contribution is -2.24. The van der Waals surface area contributed by atoms with Crippen LogP contribution < -0.4 is 5.32 Å². The SMILES string of the molecule is Clc1ccnc2c1CCc1ccccc1C2=C1CCNCC1. The minimum Gasteiger partial charge on any atom is -0.316 e. The van der Waals surface area contributed by atoms with E-state index in [-0.39, 0.29) is 0 Å². The van der Waals surface area contributed by atoms with Crippen molar-refractivity contribution in [2.45, 2.75) is 25.7 Å². The molecule has 1 aromatic heterocycles. The van der Waals surface area contributed by atoms with Crippen LogP contribution in [0.15, 0.2) is 42.1 Å². The molecule has 0 amide bonds. The van der Waals surface area contributed by atoms with Crippen LogP contribution in [0, 0.1) is 0 Å². The highest BCUT2D eigenvalue weighted by atomic mass is 35.5. The standard InChI is InChI=1S/C19H19ClN2/c20-17-9-12-22-19-16(17)6-5-13-3-1-2-4-15(13)18(19)14-7-10-21-11-8-14/h1-4,9,12,21H,5-8,10-11H2. The second-order valence-electron chi connectivity index (χ2n) is 6.01. The molecule has 0 saturated carbocycles. The molecule has 0 spiro atoms. The van der Waals surface area contributed by atoms with Gasteiger partial charge in [-0.05, 0) is 61.5 Å². The summed E-state index contributed by atoms with van der Waals surface area (Å²) >= 11 is 6.49. The maximum absolute atomic E-state index is 6.49. The van der Waals surface area contributed by atoms with Gasteiger partial charge >= 0.3 is 0 Å². The van der Waals surface area contributed by atoms with Crippen LogP contribution in [0.4, 0.5) is 0 Å². The molecule has 0 radical (unpaired) electrons. The third kappa shape index (κ3) is 2.37. The minimum atomic E-state index is 0.852. The molecule has 1 N–H and O–H groups in total. The number of nitrogens with zero attached hydrogens (tertiary/aromatic N) is 1. The number of pyridine rings is 1. The molecule has 1 fully saturated rings. The van der Waals surface area contributed by atoms with Gasteiger partial charge in [0.25, 0.3) is 0 Å². The van der Waals surface area contributed by atoms with Gasteiger partial charge in [-0.3, -0.25) is 4.98 Å². The van der Waals surface area contributed by atoms with E-state index in [1.807, 2.05) is 12.3 Å². The molecule has 0 bridgehead atoms. The van der Waals surface area contributed by atoms with E-state index in [0.717, 1.165) is 49.5 Å². The third-order valence-corrected chi connectivity index (χ3v) is 5.08. The number of hydrogen-bond acceptors (Lipinski definition) is 2. The number of hydrogen-bond donors (Lipinski definition) is 1. The summed E-state index contributed by atoms with van der Waals surface area (Å²) in [6, 6.07) is 10.7. The van der Waals surface area contributed by atoms with E-state index in [4.69, 9.17) is 16.6 Å². The van der Waals surface area contributed by atoms with Gasteiger partial charge < -0.3 is 5.32 Å². The Morgan fingerprint density at radius 1 is 0.955 bits per heavy atom.